The standard InChI is InChI=1S/C17H24ClNO/c1-12-6-8-17(11-18,9-7-12)19-16(20)15-10-13(2)4-5-14(15)3/h4-5,10,12H,6-9,11H2,1-3H3,(H,19,20). The Kier molecular flexibility index (Phi) is 4.74. The predicted octanol–water partition coefficient (Wildman–Crippen LogP) is 4.22. The van der Waals surface area contributed by atoms with E-state index < -0.39 is 0 Å². The van der Waals surface area contributed by atoms with Gasteiger partial charge in [-0.1, -0.05) is 24.6 Å². The summed E-state index contributed by atoms with van der Waals surface area (Å²) in [6, 6.07) is 5.99. The Labute approximate surface area is 126 Å². The lowest BCUT2D eigenvalue weighted by molar-refractivity contribution is 0.0871. The molecule has 0 aromatic heterocycles. The van der Waals surface area contributed by atoms with Crippen molar-refractivity contribution < 1.29 is 4.79 Å². The van der Waals surface area contributed by atoms with Gasteiger partial charge in [0.2, 0.25) is 0 Å². The van der Waals surface area contributed by atoms with Crippen LogP contribution in [0.1, 0.15) is 54.1 Å². The monoisotopic (exact) mass is 293 g/mol. The van der Waals surface area contributed by atoms with Crippen LogP contribution in [0, 0.1) is 19.8 Å². The molecule has 2 nitrogen and oxygen atoms in total. The normalized spacial score (nSPS) is 26.3. The zero-order chi connectivity index (χ0) is 14.8. The maximum Gasteiger partial charge on any atom is 0.252 e. The van der Waals surface area contributed by atoms with Crippen LogP contribution in [0.2, 0.25) is 0 Å². The molecule has 1 aliphatic rings. The molecule has 2 rings (SSSR count). The van der Waals surface area contributed by atoms with Crippen LogP contribution in [0.5, 0.6) is 0 Å². The van der Waals surface area contributed by atoms with E-state index in [-0.39, 0.29) is 11.4 Å². The molecule has 0 spiro atoms. The van der Waals surface area contributed by atoms with Gasteiger partial charge in [-0.3, -0.25) is 4.79 Å². The second kappa shape index (κ2) is 6.17. The molecule has 0 unspecified atom stereocenters. The second-order valence-corrected chi connectivity index (χ2v) is 6.64. The maximum atomic E-state index is 12.6. The van der Waals surface area contributed by atoms with E-state index in [9.17, 15) is 4.79 Å². The largest absolute Gasteiger partial charge is 0.345 e. The van der Waals surface area contributed by atoms with E-state index in [1.54, 1.807) is 0 Å². The molecule has 0 heterocycles. The third-order valence-electron chi connectivity index (χ3n) is 4.50. The lowest BCUT2D eigenvalue weighted by atomic mass is 9.78. The molecule has 1 aromatic rings. The Hall–Kier alpha value is -1.02. The number of rotatable bonds is 3. The Balaban J connectivity index is 2.15. The number of amides is 1. The van der Waals surface area contributed by atoms with Gasteiger partial charge in [0.1, 0.15) is 0 Å². The average molecular weight is 294 g/mol. The van der Waals surface area contributed by atoms with Crippen LogP contribution in [0.4, 0.5) is 0 Å². The molecule has 0 bridgehead atoms. The number of alkyl halides is 1. The Morgan fingerprint density at radius 1 is 1.35 bits per heavy atom. The van der Waals surface area contributed by atoms with Gasteiger partial charge in [0.05, 0.1) is 5.54 Å². The average Bonchev–Trinajstić information content (AvgIpc) is 2.44. The zero-order valence-corrected chi connectivity index (χ0v) is 13.4. The van der Waals surface area contributed by atoms with Crippen molar-refractivity contribution in [3.63, 3.8) is 0 Å². The summed E-state index contributed by atoms with van der Waals surface area (Å²) in [5.41, 5.74) is 2.68. The number of benzene rings is 1. The Bertz CT molecular complexity index is 490. The van der Waals surface area contributed by atoms with Crippen molar-refractivity contribution in [2.45, 2.75) is 52.0 Å². The molecule has 1 aromatic carbocycles. The van der Waals surface area contributed by atoms with Crippen molar-refractivity contribution in [3.05, 3.63) is 34.9 Å². The molecule has 20 heavy (non-hydrogen) atoms. The van der Waals surface area contributed by atoms with Gasteiger partial charge in [-0.15, -0.1) is 11.6 Å². The summed E-state index contributed by atoms with van der Waals surface area (Å²) in [6.07, 6.45) is 4.24. The Morgan fingerprint density at radius 3 is 2.60 bits per heavy atom. The molecule has 0 radical (unpaired) electrons. The fourth-order valence-corrected chi connectivity index (χ4v) is 3.23. The van der Waals surface area contributed by atoms with Gasteiger partial charge >= 0.3 is 0 Å². The lowest BCUT2D eigenvalue weighted by Gasteiger charge is -2.38. The minimum absolute atomic E-state index is 0.0152. The molecular weight excluding hydrogens is 270 g/mol. The van der Waals surface area contributed by atoms with Crippen LogP contribution in [-0.2, 0) is 0 Å². The molecule has 0 aliphatic heterocycles. The van der Waals surface area contributed by atoms with E-state index in [1.165, 1.54) is 0 Å². The minimum Gasteiger partial charge on any atom is -0.345 e. The van der Waals surface area contributed by atoms with Gasteiger partial charge in [0.15, 0.2) is 0 Å². The highest BCUT2D eigenvalue weighted by atomic mass is 35.5. The summed E-state index contributed by atoms with van der Waals surface area (Å²) in [6.45, 7) is 6.26. The highest BCUT2D eigenvalue weighted by Gasteiger charge is 2.35. The van der Waals surface area contributed by atoms with Gasteiger partial charge in [-0.2, -0.15) is 0 Å². The highest BCUT2D eigenvalue weighted by molar-refractivity contribution is 6.19. The Morgan fingerprint density at radius 2 is 2.00 bits per heavy atom. The van der Waals surface area contributed by atoms with Crippen molar-refractivity contribution in [3.8, 4) is 0 Å². The van der Waals surface area contributed by atoms with Crippen molar-refractivity contribution in [1.82, 2.24) is 5.32 Å². The van der Waals surface area contributed by atoms with Crippen LogP contribution in [0.3, 0.4) is 0 Å². The van der Waals surface area contributed by atoms with Crippen LogP contribution in [0.25, 0.3) is 0 Å². The van der Waals surface area contributed by atoms with Crippen LogP contribution < -0.4 is 5.32 Å². The van der Waals surface area contributed by atoms with Crippen LogP contribution in [-0.4, -0.2) is 17.3 Å². The van der Waals surface area contributed by atoms with Gasteiger partial charge in [-0.25, -0.2) is 0 Å². The lowest BCUT2D eigenvalue weighted by Crippen LogP contribution is -2.52. The van der Waals surface area contributed by atoms with Crippen molar-refractivity contribution in [2.75, 3.05) is 5.88 Å². The molecule has 1 N–H and O–H groups in total. The molecular formula is C17H24ClNO. The first-order valence-electron chi connectivity index (χ1n) is 7.41. The topological polar surface area (TPSA) is 29.1 Å². The van der Waals surface area contributed by atoms with Crippen molar-refractivity contribution in [2.24, 2.45) is 5.92 Å². The molecule has 1 aliphatic carbocycles. The van der Waals surface area contributed by atoms with E-state index in [2.05, 4.69) is 12.2 Å². The fourth-order valence-electron chi connectivity index (χ4n) is 2.90. The van der Waals surface area contributed by atoms with E-state index in [1.807, 2.05) is 32.0 Å². The van der Waals surface area contributed by atoms with E-state index in [4.69, 9.17) is 11.6 Å². The quantitative estimate of drug-likeness (QED) is 0.831. The zero-order valence-electron chi connectivity index (χ0n) is 12.6. The highest BCUT2D eigenvalue weighted by Crippen LogP contribution is 2.33. The number of carbonyl (C=O) groups excluding carboxylic acids is 1. The second-order valence-electron chi connectivity index (χ2n) is 6.37. The van der Waals surface area contributed by atoms with Gasteiger partial charge in [0, 0.05) is 11.4 Å². The van der Waals surface area contributed by atoms with Crippen LogP contribution >= 0.6 is 11.6 Å². The summed E-state index contributed by atoms with van der Waals surface area (Å²) in [5.74, 6) is 1.25. The van der Waals surface area contributed by atoms with E-state index >= 15 is 0 Å². The number of halogens is 1. The third-order valence-corrected chi connectivity index (χ3v) is 5.02. The molecule has 0 atom stereocenters. The van der Waals surface area contributed by atoms with E-state index in [0.717, 1.165) is 48.3 Å². The summed E-state index contributed by atoms with van der Waals surface area (Å²) in [4.78, 5) is 12.6. The number of hydrogen-bond donors (Lipinski definition) is 1. The molecule has 3 heteroatoms. The molecule has 110 valence electrons. The summed E-state index contributed by atoms with van der Waals surface area (Å²) in [7, 11) is 0. The predicted molar refractivity (Wildman–Crippen MR) is 84.5 cm³/mol. The first kappa shape index (κ1) is 15.4. The van der Waals surface area contributed by atoms with Crippen molar-refractivity contribution >= 4 is 17.5 Å². The minimum atomic E-state index is -0.221. The smallest absolute Gasteiger partial charge is 0.252 e. The van der Waals surface area contributed by atoms with Gasteiger partial charge in [0.25, 0.3) is 5.91 Å². The molecule has 1 saturated carbocycles. The van der Waals surface area contributed by atoms with Crippen LogP contribution in [0.15, 0.2) is 18.2 Å². The van der Waals surface area contributed by atoms with Gasteiger partial charge < -0.3 is 5.32 Å². The summed E-state index contributed by atoms with van der Waals surface area (Å²) < 4.78 is 0. The van der Waals surface area contributed by atoms with Gasteiger partial charge in [-0.05, 0) is 57.1 Å². The number of hydrogen-bond acceptors (Lipinski definition) is 1. The molecule has 0 saturated heterocycles. The molecule has 1 fully saturated rings. The summed E-state index contributed by atoms with van der Waals surface area (Å²) >= 11 is 6.17. The fraction of sp³-hybridized carbons (Fsp3) is 0.588. The SMILES string of the molecule is Cc1ccc(C)c(C(=O)NC2(CCl)CCC(C)CC2)c1. The first-order valence-corrected chi connectivity index (χ1v) is 7.95. The number of carbonyl (C=O) groups is 1. The maximum absolute atomic E-state index is 12.6. The first-order chi connectivity index (χ1) is 9.46. The summed E-state index contributed by atoms with van der Waals surface area (Å²) in [5, 5.41) is 3.22. The van der Waals surface area contributed by atoms with E-state index in [0.29, 0.717) is 5.88 Å². The molecule has 1 amide bonds. The van der Waals surface area contributed by atoms with Crippen molar-refractivity contribution in [1.29, 1.82) is 0 Å². The number of aryl methyl sites for hydroxylation is 2. The third kappa shape index (κ3) is 3.35. The number of nitrogens with one attached hydrogen (secondary N) is 1.